The van der Waals surface area contributed by atoms with Crippen LogP contribution in [0.1, 0.15) is 12.8 Å². The first-order chi connectivity index (χ1) is 4.70. The molecule has 0 aromatic carbocycles. The average Bonchev–Trinajstić information content (AvgIpc) is 1.99. The summed E-state index contributed by atoms with van der Waals surface area (Å²) in [4.78, 5) is 20.7. The Morgan fingerprint density at radius 3 is 2.67 bits per heavy atom. The van der Waals surface area contributed by atoms with Crippen LogP contribution in [0, 0.1) is 0 Å². The van der Waals surface area contributed by atoms with Gasteiger partial charge in [-0.1, -0.05) is 0 Å². The van der Waals surface area contributed by atoms with Gasteiger partial charge in [0.15, 0.2) is 0 Å². The molecule has 0 amide bonds. The molecule has 52 valence electrons. The number of carboxylic acid groups (broad SMARTS) is 1. The van der Waals surface area contributed by atoms with Crippen LogP contribution in [0.15, 0.2) is 0 Å². The number of carbonyl (C=O) groups excluding carboxylic acids is 1. The van der Waals surface area contributed by atoms with Crippen molar-refractivity contribution in [1.29, 1.82) is 1.43 Å². The molecule has 0 heterocycles. The number of hydrogen-bond acceptors (Lipinski definition) is 4. The van der Waals surface area contributed by atoms with E-state index in [-0.39, 0.29) is 25.2 Å². The van der Waals surface area contributed by atoms with Crippen molar-refractivity contribution in [3.63, 3.8) is 0 Å². The zero-order valence-corrected chi connectivity index (χ0v) is 4.92. The minimum atomic E-state index is -0.707. The number of carbonyl (C=O) groups is 2. The van der Waals surface area contributed by atoms with Gasteiger partial charge in [0.25, 0.3) is 1.43 Å². The van der Waals surface area contributed by atoms with E-state index >= 15 is 0 Å². The first-order valence-electron chi connectivity index (χ1n) is 2.99. The summed E-state index contributed by atoms with van der Waals surface area (Å²) in [5.74, 6) is -0.910. The normalized spacial score (nSPS) is 10.1. The Hall–Kier alpha value is -0.900. The summed E-state index contributed by atoms with van der Waals surface area (Å²) in [6.45, 7) is -0.0642. The molecule has 0 fully saturated rings. The highest BCUT2D eigenvalue weighted by molar-refractivity contribution is 5.83. The zero-order chi connectivity index (χ0) is 7.98. The molecule has 4 nitrogen and oxygen atoms in total. The van der Waals surface area contributed by atoms with E-state index in [0.29, 0.717) is 0 Å². The van der Waals surface area contributed by atoms with Crippen molar-refractivity contribution in [2.24, 2.45) is 5.73 Å². The molecule has 0 aliphatic rings. The summed E-state index contributed by atoms with van der Waals surface area (Å²) in [5.41, 5.74) is 4.95. The van der Waals surface area contributed by atoms with E-state index in [1.54, 1.807) is 0 Å². The van der Waals surface area contributed by atoms with Gasteiger partial charge in [0, 0.05) is 6.42 Å². The monoisotopic (exact) mass is 132 g/mol. The smallest absolute Gasteiger partial charge is 0.303 e. The molecule has 0 aliphatic carbocycles. The van der Waals surface area contributed by atoms with Gasteiger partial charge in [-0.25, -0.2) is 0 Å². The van der Waals surface area contributed by atoms with Crippen LogP contribution < -0.4 is 5.73 Å². The van der Waals surface area contributed by atoms with E-state index in [9.17, 15) is 9.59 Å². The van der Waals surface area contributed by atoms with Crippen LogP contribution in [-0.2, 0) is 9.59 Å². The highest BCUT2D eigenvalue weighted by Crippen LogP contribution is 1.87. The van der Waals surface area contributed by atoms with Crippen molar-refractivity contribution in [3.05, 3.63) is 0 Å². The van der Waals surface area contributed by atoms with Crippen LogP contribution in [0.5, 0.6) is 0 Å². The van der Waals surface area contributed by atoms with Crippen molar-refractivity contribution in [1.82, 2.24) is 0 Å². The minimum Gasteiger partial charge on any atom is -0.481 e. The molecule has 0 unspecified atom stereocenters. The fourth-order valence-corrected chi connectivity index (χ4v) is 0.344. The van der Waals surface area contributed by atoms with Crippen LogP contribution in [-0.4, -0.2) is 23.4 Å². The number of Topliss-reactive ketones (excluding diaryl/α,β-unsaturated/α-hetero) is 1. The maximum atomic E-state index is 10.4. The molecular weight excluding hydrogens is 122 g/mol. The standard InChI is InChI=1S/C5H9NO3/c6-3-4(7)1-2-5(8)9/h1-3,6H2,(H,8,9)/i/hD. The summed E-state index contributed by atoms with van der Waals surface area (Å²) in [6, 6.07) is 0. The van der Waals surface area contributed by atoms with Crippen molar-refractivity contribution in [2.75, 3.05) is 6.54 Å². The largest absolute Gasteiger partial charge is 0.481 e. The quantitative estimate of drug-likeness (QED) is 0.534. The highest BCUT2D eigenvalue weighted by atomic mass is 16.4. The summed E-state index contributed by atoms with van der Waals surface area (Å²) < 4.78 is 6.12. The van der Waals surface area contributed by atoms with E-state index in [1.807, 2.05) is 0 Å². The average molecular weight is 132 g/mol. The van der Waals surface area contributed by atoms with Gasteiger partial charge in [-0.05, 0) is 0 Å². The lowest BCUT2D eigenvalue weighted by molar-refractivity contribution is -0.138. The second-order valence-electron chi connectivity index (χ2n) is 1.61. The highest BCUT2D eigenvalue weighted by Gasteiger charge is 2.01. The van der Waals surface area contributed by atoms with Gasteiger partial charge in [-0.15, -0.1) is 0 Å². The molecular formula is C5H9NO3. The van der Waals surface area contributed by atoms with Crippen molar-refractivity contribution in [3.8, 4) is 0 Å². The van der Waals surface area contributed by atoms with Gasteiger partial charge in [0.2, 0.25) is 0 Å². The van der Waals surface area contributed by atoms with Crippen LogP contribution in [0.2, 0.25) is 0 Å². The molecule has 0 aliphatic heterocycles. The van der Waals surface area contributed by atoms with Crippen molar-refractivity contribution in [2.45, 2.75) is 12.8 Å². The molecule has 0 rings (SSSR count). The van der Waals surface area contributed by atoms with E-state index in [1.165, 1.54) is 0 Å². The Morgan fingerprint density at radius 2 is 2.22 bits per heavy atom. The zero-order valence-electron chi connectivity index (χ0n) is 5.92. The second kappa shape index (κ2) is 4.03. The Kier molecular flexibility index (Phi) is 2.78. The molecule has 0 bridgehead atoms. The van der Waals surface area contributed by atoms with Gasteiger partial charge in [0.05, 0.1) is 13.0 Å². The Bertz CT molecular complexity index is 121. The summed E-state index contributed by atoms with van der Waals surface area (Å²) in [6.07, 6.45) is 0.00769. The topological polar surface area (TPSA) is 80.4 Å². The van der Waals surface area contributed by atoms with Crippen LogP contribution in [0.3, 0.4) is 0 Å². The Morgan fingerprint density at radius 1 is 1.56 bits per heavy atom. The maximum absolute atomic E-state index is 10.4. The van der Waals surface area contributed by atoms with Gasteiger partial charge in [-0.2, -0.15) is 0 Å². The number of carboxylic acids is 1. The fraction of sp³-hybridized carbons (Fsp3) is 0.600. The number of nitrogens with two attached hydrogens (primary N) is 1. The van der Waals surface area contributed by atoms with E-state index in [0.717, 1.165) is 0 Å². The minimum absolute atomic E-state index is 0.0560. The predicted molar refractivity (Wildman–Crippen MR) is 30.9 cm³/mol. The first kappa shape index (κ1) is 6.22. The molecule has 0 spiro atoms. The third kappa shape index (κ3) is 4.96. The molecule has 0 aromatic heterocycles. The van der Waals surface area contributed by atoms with E-state index in [4.69, 9.17) is 7.16 Å². The molecule has 0 atom stereocenters. The van der Waals surface area contributed by atoms with E-state index < -0.39 is 5.97 Å². The van der Waals surface area contributed by atoms with Crippen LogP contribution >= 0.6 is 0 Å². The van der Waals surface area contributed by atoms with Gasteiger partial charge in [-0.3, -0.25) is 9.59 Å². The molecule has 0 saturated heterocycles. The fourth-order valence-electron chi connectivity index (χ4n) is 0.344. The molecule has 0 radical (unpaired) electrons. The van der Waals surface area contributed by atoms with Gasteiger partial charge >= 0.3 is 5.97 Å². The molecule has 3 N–H and O–H groups in total. The number of rotatable bonds is 4. The van der Waals surface area contributed by atoms with E-state index in [2.05, 4.69) is 5.11 Å². The third-order valence-electron chi connectivity index (χ3n) is 0.836. The SMILES string of the molecule is [2H]OC(=O)CCC(=O)CN. The lowest BCUT2D eigenvalue weighted by Crippen LogP contribution is -2.14. The molecule has 4 heteroatoms. The van der Waals surface area contributed by atoms with Gasteiger partial charge < -0.3 is 10.8 Å². The summed E-state index contributed by atoms with van der Waals surface area (Å²) >= 11 is 0. The lowest BCUT2D eigenvalue weighted by atomic mass is 10.2. The molecule has 0 saturated carbocycles. The van der Waals surface area contributed by atoms with Crippen molar-refractivity contribution < 1.29 is 14.7 Å². The molecule has 0 aromatic rings. The number of aliphatic carboxylic acids is 1. The summed E-state index contributed by atoms with van der Waals surface area (Å²) in [7, 11) is 0. The first-order valence-corrected chi connectivity index (χ1v) is 2.58. The number of hydrogen-bond donors (Lipinski definition) is 2. The lowest BCUT2D eigenvalue weighted by Gasteiger charge is -1.90. The van der Waals surface area contributed by atoms with Crippen LogP contribution in [0.4, 0.5) is 0 Å². The Balaban J connectivity index is 3.35. The van der Waals surface area contributed by atoms with Gasteiger partial charge in [0.1, 0.15) is 5.78 Å². The molecule has 9 heavy (non-hydrogen) atoms. The third-order valence-corrected chi connectivity index (χ3v) is 0.836. The second-order valence-corrected chi connectivity index (χ2v) is 1.61. The summed E-state index contributed by atoms with van der Waals surface area (Å²) in [5, 5.41) is 3.56. The van der Waals surface area contributed by atoms with Crippen LogP contribution in [0.25, 0.3) is 1.43 Å². The maximum Gasteiger partial charge on any atom is 0.303 e. The van der Waals surface area contributed by atoms with Crippen molar-refractivity contribution >= 4 is 11.8 Å². The Labute approximate surface area is 54.1 Å². The number of ketones is 1. The predicted octanol–water partition coefficient (Wildman–Crippen LogP) is -0.621.